The van der Waals surface area contributed by atoms with E-state index in [9.17, 15) is 4.79 Å². The Kier molecular flexibility index (Phi) is 4.14. The van der Waals surface area contributed by atoms with E-state index in [0.717, 1.165) is 30.6 Å². The third kappa shape index (κ3) is 3.16. The van der Waals surface area contributed by atoms with Crippen molar-refractivity contribution in [2.45, 2.75) is 50.9 Å². The van der Waals surface area contributed by atoms with Crippen LogP contribution in [0, 0.1) is 5.92 Å². The summed E-state index contributed by atoms with van der Waals surface area (Å²) in [6.07, 6.45) is 4.81. The predicted octanol–water partition coefficient (Wildman–Crippen LogP) is 3.91. The van der Waals surface area contributed by atoms with Crippen molar-refractivity contribution in [1.82, 2.24) is 4.98 Å². The number of carboxylic acid groups (broad SMARTS) is 1. The Bertz CT molecular complexity index is 842. The largest absolute Gasteiger partial charge is 0.481 e. The number of pyridine rings is 1. The zero-order valence-electron chi connectivity index (χ0n) is 15.6. The molecule has 3 atom stereocenters. The highest BCUT2D eigenvalue weighted by atomic mass is 28.3. The Hall–Kier alpha value is -2.14. The highest BCUT2D eigenvalue weighted by Gasteiger charge is 2.44. The topological polar surface area (TPSA) is 62.2 Å². The number of carboxylic acids is 1. The van der Waals surface area contributed by atoms with Crippen molar-refractivity contribution >= 4 is 25.0 Å². The summed E-state index contributed by atoms with van der Waals surface area (Å²) in [6.45, 7) is 7.23. The van der Waals surface area contributed by atoms with Gasteiger partial charge < -0.3 is 10.4 Å². The average Bonchev–Trinajstić information content (AvgIpc) is 3.30. The van der Waals surface area contributed by atoms with E-state index in [2.05, 4.69) is 48.1 Å². The second-order valence-corrected chi connectivity index (χ2v) is 13.7. The van der Waals surface area contributed by atoms with Crippen molar-refractivity contribution in [1.29, 1.82) is 0 Å². The molecular formula is C21H26N2O2Si. The van der Waals surface area contributed by atoms with E-state index in [1.54, 1.807) is 10.8 Å². The van der Waals surface area contributed by atoms with Crippen LogP contribution in [0.2, 0.25) is 19.6 Å². The Morgan fingerprint density at radius 3 is 2.65 bits per heavy atom. The van der Waals surface area contributed by atoms with Gasteiger partial charge in [-0.2, -0.15) is 0 Å². The minimum atomic E-state index is -1.33. The molecule has 1 heterocycles. The van der Waals surface area contributed by atoms with Crippen LogP contribution in [0.3, 0.4) is 0 Å². The molecule has 0 amide bonds. The molecule has 0 saturated heterocycles. The fraction of sp³-hybridized carbons (Fsp3) is 0.429. The fourth-order valence-electron chi connectivity index (χ4n) is 4.23. The van der Waals surface area contributed by atoms with Crippen LogP contribution in [0.4, 0.5) is 5.82 Å². The van der Waals surface area contributed by atoms with Crippen LogP contribution in [-0.2, 0) is 11.2 Å². The zero-order valence-corrected chi connectivity index (χ0v) is 16.6. The van der Waals surface area contributed by atoms with Crippen molar-refractivity contribution in [3.05, 3.63) is 53.2 Å². The molecule has 0 spiro atoms. The van der Waals surface area contributed by atoms with E-state index < -0.39 is 14.0 Å². The number of anilines is 1. The van der Waals surface area contributed by atoms with Gasteiger partial charge in [0.1, 0.15) is 5.82 Å². The lowest BCUT2D eigenvalue weighted by Gasteiger charge is -2.21. The Morgan fingerprint density at radius 2 is 2.04 bits per heavy atom. The maximum Gasteiger partial charge on any atom is 0.307 e. The van der Waals surface area contributed by atoms with Crippen molar-refractivity contribution in [3.8, 4) is 0 Å². The van der Waals surface area contributed by atoms with Crippen LogP contribution >= 0.6 is 0 Å². The Balaban J connectivity index is 1.50. The fourth-order valence-corrected chi connectivity index (χ4v) is 6.00. The van der Waals surface area contributed by atoms with Gasteiger partial charge in [0.2, 0.25) is 0 Å². The standard InChI is InChI=1S/C21H26N2O2Si/c1-26(2,3)19-6-4-5-14-15(19)8-9-18(14)23-20-10-7-13(12-22-20)16-11-17(16)21(24)25/h4-7,10,12,16-18H,8-9,11H2,1-3H3,(H,22,23)(H,24,25)/t16-,17+,18-/m1/s1. The van der Waals surface area contributed by atoms with E-state index in [0.29, 0.717) is 6.04 Å². The van der Waals surface area contributed by atoms with Crippen LogP contribution in [0.15, 0.2) is 36.5 Å². The van der Waals surface area contributed by atoms with Gasteiger partial charge in [0.25, 0.3) is 0 Å². The lowest BCUT2D eigenvalue weighted by atomic mass is 10.1. The van der Waals surface area contributed by atoms with Gasteiger partial charge in [-0.3, -0.25) is 4.79 Å². The molecule has 0 unspecified atom stereocenters. The molecule has 136 valence electrons. The van der Waals surface area contributed by atoms with E-state index in [1.807, 2.05) is 18.3 Å². The summed E-state index contributed by atoms with van der Waals surface area (Å²) >= 11 is 0. The third-order valence-corrected chi connectivity index (χ3v) is 7.81. The number of hydrogen-bond donors (Lipinski definition) is 2. The number of hydrogen-bond acceptors (Lipinski definition) is 3. The van der Waals surface area contributed by atoms with E-state index in [-0.39, 0.29) is 11.8 Å². The monoisotopic (exact) mass is 366 g/mol. The number of benzene rings is 1. The molecule has 1 fully saturated rings. The summed E-state index contributed by atoms with van der Waals surface area (Å²) in [5.74, 6) is 0.0911. The van der Waals surface area contributed by atoms with E-state index >= 15 is 0 Å². The van der Waals surface area contributed by atoms with Gasteiger partial charge in [-0.05, 0) is 47.9 Å². The quantitative estimate of drug-likeness (QED) is 0.788. The van der Waals surface area contributed by atoms with Crippen molar-refractivity contribution in [2.75, 3.05) is 5.32 Å². The molecule has 26 heavy (non-hydrogen) atoms. The molecule has 1 aromatic heterocycles. The van der Waals surface area contributed by atoms with Crippen LogP contribution in [0.5, 0.6) is 0 Å². The molecule has 1 saturated carbocycles. The molecular weight excluding hydrogens is 340 g/mol. The Morgan fingerprint density at radius 1 is 1.23 bits per heavy atom. The van der Waals surface area contributed by atoms with Crippen molar-refractivity contribution < 1.29 is 9.90 Å². The lowest BCUT2D eigenvalue weighted by molar-refractivity contribution is -0.138. The summed E-state index contributed by atoms with van der Waals surface area (Å²) in [4.78, 5) is 15.6. The van der Waals surface area contributed by atoms with Gasteiger partial charge in [0.05, 0.1) is 20.0 Å². The molecule has 0 bridgehead atoms. The van der Waals surface area contributed by atoms with Gasteiger partial charge in [0.15, 0.2) is 0 Å². The molecule has 0 radical (unpaired) electrons. The number of fused-ring (bicyclic) bond motifs is 1. The second-order valence-electron chi connectivity index (χ2n) is 8.62. The minimum Gasteiger partial charge on any atom is -0.481 e. The normalized spacial score (nSPS) is 24.2. The lowest BCUT2D eigenvalue weighted by Crippen LogP contribution is -2.40. The zero-order chi connectivity index (χ0) is 18.5. The molecule has 2 aliphatic carbocycles. The number of carbonyl (C=O) groups is 1. The number of nitrogens with one attached hydrogen (secondary N) is 1. The highest BCUT2D eigenvalue weighted by molar-refractivity contribution is 6.89. The maximum absolute atomic E-state index is 11.0. The van der Waals surface area contributed by atoms with Gasteiger partial charge in [-0.1, -0.05) is 49.1 Å². The average molecular weight is 367 g/mol. The van der Waals surface area contributed by atoms with Gasteiger partial charge in [-0.15, -0.1) is 0 Å². The van der Waals surface area contributed by atoms with E-state index in [4.69, 9.17) is 5.11 Å². The molecule has 2 aliphatic rings. The number of aromatic nitrogens is 1. The smallest absolute Gasteiger partial charge is 0.307 e. The molecule has 1 aromatic carbocycles. The number of nitrogens with zero attached hydrogens (tertiary/aromatic N) is 1. The van der Waals surface area contributed by atoms with Gasteiger partial charge >= 0.3 is 5.97 Å². The summed E-state index contributed by atoms with van der Waals surface area (Å²) in [5, 5.41) is 14.2. The third-order valence-electron chi connectivity index (χ3n) is 5.72. The second kappa shape index (κ2) is 6.23. The predicted molar refractivity (Wildman–Crippen MR) is 107 cm³/mol. The summed E-state index contributed by atoms with van der Waals surface area (Å²) in [6, 6.07) is 11.1. The van der Waals surface area contributed by atoms with Gasteiger partial charge in [0, 0.05) is 6.20 Å². The van der Waals surface area contributed by atoms with Crippen LogP contribution in [0.1, 0.15) is 41.5 Å². The van der Waals surface area contributed by atoms with Crippen LogP contribution in [-0.4, -0.2) is 24.1 Å². The molecule has 2 N–H and O–H groups in total. The molecule has 2 aromatic rings. The first-order valence-electron chi connectivity index (χ1n) is 9.42. The molecule has 4 rings (SSSR count). The first kappa shape index (κ1) is 17.3. The maximum atomic E-state index is 11.0. The Labute approximate surface area is 155 Å². The minimum absolute atomic E-state index is 0.139. The van der Waals surface area contributed by atoms with Gasteiger partial charge in [-0.25, -0.2) is 4.98 Å². The molecule has 5 heteroatoms. The molecule has 0 aliphatic heterocycles. The SMILES string of the molecule is C[Si](C)(C)c1cccc2c1CC[C@H]2Nc1ccc([C@H]2C[C@@H]2C(=O)O)cn1. The van der Waals surface area contributed by atoms with Crippen LogP contribution in [0.25, 0.3) is 0 Å². The summed E-state index contributed by atoms with van der Waals surface area (Å²) < 4.78 is 0. The summed E-state index contributed by atoms with van der Waals surface area (Å²) in [5.41, 5.74) is 4.00. The van der Waals surface area contributed by atoms with Crippen molar-refractivity contribution in [2.24, 2.45) is 5.92 Å². The first-order chi connectivity index (χ1) is 12.3. The summed E-state index contributed by atoms with van der Waals surface area (Å²) in [7, 11) is -1.33. The van der Waals surface area contributed by atoms with Crippen molar-refractivity contribution in [3.63, 3.8) is 0 Å². The highest BCUT2D eigenvalue weighted by Crippen LogP contribution is 2.47. The molecule has 4 nitrogen and oxygen atoms in total. The number of aliphatic carboxylic acids is 1. The van der Waals surface area contributed by atoms with E-state index in [1.165, 1.54) is 5.56 Å². The first-order valence-corrected chi connectivity index (χ1v) is 12.9. The van der Waals surface area contributed by atoms with Crippen LogP contribution < -0.4 is 10.5 Å². The number of rotatable bonds is 5.